The molecule has 0 aromatic heterocycles. The second kappa shape index (κ2) is 7.16. The summed E-state index contributed by atoms with van der Waals surface area (Å²) in [5.74, 6) is 0.383. The van der Waals surface area contributed by atoms with Gasteiger partial charge in [0.25, 0.3) is 0 Å². The molecule has 0 spiro atoms. The zero-order valence-corrected chi connectivity index (χ0v) is 12.0. The van der Waals surface area contributed by atoms with Gasteiger partial charge in [-0.05, 0) is 32.0 Å². The summed E-state index contributed by atoms with van der Waals surface area (Å²) < 4.78 is 6.32. The van der Waals surface area contributed by atoms with Crippen LogP contribution in [-0.4, -0.2) is 24.8 Å². The fraction of sp³-hybridized carbons (Fsp3) is 0.385. The standard InChI is InChI=1S/C13H16BrNO3/c1-3-15-13(17)6-7-18-12-8-10(14)4-5-11(12)9(2)16/h4-5,8H,3,6-7H2,1-2H3,(H,15,17). The van der Waals surface area contributed by atoms with Gasteiger partial charge in [-0.15, -0.1) is 0 Å². The van der Waals surface area contributed by atoms with Crippen LogP contribution in [0.15, 0.2) is 22.7 Å². The molecule has 0 bridgehead atoms. The summed E-state index contributed by atoms with van der Waals surface area (Å²) >= 11 is 3.32. The van der Waals surface area contributed by atoms with Gasteiger partial charge in [-0.25, -0.2) is 0 Å². The van der Waals surface area contributed by atoms with Crippen molar-refractivity contribution in [2.75, 3.05) is 13.2 Å². The molecule has 4 nitrogen and oxygen atoms in total. The fourth-order valence-corrected chi connectivity index (χ4v) is 1.79. The largest absolute Gasteiger partial charge is 0.492 e. The van der Waals surface area contributed by atoms with Gasteiger partial charge in [0.05, 0.1) is 18.6 Å². The Morgan fingerprint density at radius 2 is 2.11 bits per heavy atom. The minimum absolute atomic E-state index is 0.0585. The second-order valence-corrected chi connectivity index (χ2v) is 4.66. The van der Waals surface area contributed by atoms with Gasteiger partial charge in [-0.3, -0.25) is 9.59 Å². The van der Waals surface area contributed by atoms with Crippen LogP contribution in [0, 0.1) is 0 Å². The lowest BCUT2D eigenvalue weighted by atomic mass is 10.1. The van der Waals surface area contributed by atoms with E-state index in [2.05, 4.69) is 21.2 Å². The Bertz CT molecular complexity index is 446. The first-order valence-electron chi connectivity index (χ1n) is 5.74. The summed E-state index contributed by atoms with van der Waals surface area (Å²) in [6.07, 6.45) is 0.275. The molecule has 1 aromatic carbocycles. The van der Waals surface area contributed by atoms with Crippen LogP contribution in [0.5, 0.6) is 5.75 Å². The zero-order valence-electron chi connectivity index (χ0n) is 10.5. The molecule has 0 saturated carbocycles. The molecule has 1 N–H and O–H groups in total. The number of carbonyl (C=O) groups is 2. The topological polar surface area (TPSA) is 55.4 Å². The maximum atomic E-state index is 11.4. The van der Waals surface area contributed by atoms with Crippen LogP contribution in [0.2, 0.25) is 0 Å². The molecule has 18 heavy (non-hydrogen) atoms. The summed E-state index contributed by atoms with van der Waals surface area (Å²) in [4.78, 5) is 22.7. The van der Waals surface area contributed by atoms with E-state index in [0.29, 0.717) is 17.9 Å². The molecule has 0 unspecified atom stereocenters. The van der Waals surface area contributed by atoms with Gasteiger partial charge in [0.1, 0.15) is 5.75 Å². The number of ether oxygens (including phenoxy) is 1. The van der Waals surface area contributed by atoms with Crippen molar-refractivity contribution in [2.24, 2.45) is 0 Å². The van der Waals surface area contributed by atoms with Gasteiger partial charge in [0.2, 0.25) is 5.91 Å². The lowest BCUT2D eigenvalue weighted by molar-refractivity contribution is -0.121. The predicted octanol–water partition coefficient (Wildman–Crippen LogP) is 2.56. The van der Waals surface area contributed by atoms with Crippen molar-refractivity contribution in [1.29, 1.82) is 0 Å². The van der Waals surface area contributed by atoms with E-state index >= 15 is 0 Å². The predicted molar refractivity (Wildman–Crippen MR) is 72.9 cm³/mol. The highest BCUT2D eigenvalue weighted by atomic mass is 79.9. The molecule has 0 heterocycles. The number of nitrogens with one attached hydrogen (secondary N) is 1. The van der Waals surface area contributed by atoms with Crippen molar-refractivity contribution in [3.05, 3.63) is 28.2 Å². The first kappa shape index (κ1) is 14.7. The molecule has 1 aromatic rings. The molecule has 0 atom stereocenters. The smallest absolute Gasteiger partial charge is 0.223 e. The van der Waals surface area contributed by atoms with Crippen molar-refractivity contribution in [3.8, 4) is 5.75 Å². The first-order valence-corrected chi connectivity index (χ1v) is 6.54. The van der Waals surface area contributed by atoms with Gasteiger partial charge in [-0.1, -0.05) is 15.9 Å². The van der Waals surface area contributed by atoms with E-state index < -0.39 is 0 Å². The van der Waals surface area contributed by atoms with Gasteiger partial charge in [0, 0.05) is 11.0 Å². The third-order valence-electron chi connectivity index (χ3n) is 2.28. The Kier molecular flexibility index (Phi) is 5.85. The lowest BCUT2D eigenvalue weighted by Gasteiger charge is -2.10. The summed E-state index contributed by atoms with van der Waals surface area (Å²) in [5.41, 5.74) is 0.522. The van der Waals surface area contributed by atoms with Crippen LogP contribution < -0.4 is 10.1 Å². The Balaban J connectivity index is 2.63. The summed E-state index contributed by atoms with van der Waals surface area (Å²) in [5, 5.41) is 2.69. The van der Waals surface area contributed by atoms with E-state index in [0.717, 1.165) is 4.47 Å². The van der Waals surface area contributed by atoms with Crippen molar-refractivity contribution in [1.82, 2.24) is 5.32 Å². The Morgan fingerprint density at radius 1 is 1.39 bits per heavy atom. The minimum atomic E-state index is -0.0597. The zero-order chi connectivity index (χ0) is 13.5. The van der Waals surface area contributed by atoms with Crippen LogP contribution in [0.4, 0.5) is 0 Å². The normalized spacial score (nSPS) is 9.94. The number of ketones is 1. The van der Waals surface area contributed by atoms with Crippen molar-refractivity contribution < 1.29 is 14.3 Å². The number of halogens is 1. The van der Waals surface area contributed by atoms with Gasteiger partial charge >= 0.3 is 0 Å². The third kappa shape index (κ3) is 4.49. The van der Waals surface area contributed by atoms with Crippen LogP contribution >= 0.6 is 15.9 Å². The summed E-state index contributed by atoms with van der Waals surface area (Å²) in [7, 11) is 0. The van der Waals surface area contributed by atoms with Crippen LogP contribution in [-0.2, 0) is 4.79 Å². The van der Waals surface area contributed by atoms with Crippen LogP contribution in [0.3, 0.4) is 0 Å². The molecular formula is C13H16BrNO3. The first-order chi connectivity index (χ1) is 8.54. The van der Waals surface area contributed by atoms with E-state index in [1.165, 1.54) is 6.92 Å². The molecule has 98 valence electrons. The SMILES string of the molecule is CCNC(=O)CCOc1cc(Br)ccc1C(C)=O. The maximum Gasteiger partial charge on any atom is 0.223 e. The van der Waals surface area contributed by atoms with Gasteiger partial charge < -0.3 is 10.1 Å². The van der Waals surface area contributed by atoms with Crippen molar-refractivity contribution in [2.45, 2.75) is 20.3 Å². The van der Waals surface area contributed by atoms with E-state index in [-0.39, 0.29) is 24.7 Å². The van der Waals surface area contributed by atoms with Gasteiger partial charge in [0.15, 0.2) is 5.78 Å². The fourth-order valence-electron chi connectivity index (χ4n) is 1.45. The summed E-state index contributed by atoms with van der Waals surface area (Å²) in [6, 6.07) is 5.22. The minimum Gasteiger partial charge on any atom is -0.492 e. The average molecular weight is 314 g/mol. The monoisotopic (exact) mass is 313 g/mol. The van der Waals surface area contributed by atoms with E-state index in [1.54, 1.807) is 18.2 Å². The number of amides is 1. The van der Waals surface area contributed by atoms with Crippen molar-refractivity contribution in [3.63, 3.8) is 0 Å². The molecular weight excluding hydrogens is 298 g/mol. The number of benzene rings is 1. The van der Waals surface area contributed by atoms with Gasteiger partial charge in [-0.2, -0.15) is 0 Å². The highest BCUT2D eigenvalue weighted by Crippen LogP contribution is 2.24. The number of rotatable bonds is 6. The van der Waals surface area contributed by atoms with E-state index in [4.69, 9.17) is 4.74 Å². The molecule has 0 aliphatic heterocycles. The Labute approximate surface area is 115 Å². The third-order valence-corrected chi connectivity index (χ3v) is 2.78. The van der Waals surface area contributed by atoms with Crippen molar-refractivity contribution >= 4 is 27.6 Å². The molecule has 1 amide bonds. The molecule has 0 saturated heterocycles. The van der Waals surface area contributed by atoms with E-state index in [1.807, 2.05) is 6.92 Å². The second-order valence-electron chi connectivity index (χ2n) is 3.75. The molecule has 0 aliphatic carbocycles. The van der Waals surface area contributed by atoms with E-state index in [9.17, 15) is 9.59 Å². The quantitative estimate of drug-likeness (QED) is 0.821. The molecule has 0 aliphatic rings. The number of hydrogen-bond donors (Lipinski definition) is 1. The summed E-state index contributed by atoms with van der Waals surface area (Å²) in [6.45, 7) is 4.21. The number of carbonyl (C=O) groups excluding carboxylic acids is 2. The van der Waals surface area contributed by atoms with Crippen LogP contribution in [0.25, 0.3) is 0 Å². The average Bonchev–Trinajstić information content (AvgIpc) is 2.29. The molecule has 0 radical (unpaired) electrons. The maximum absolute atomic E-state index is 11.4. The lowest BCUT2D eigenvalue weighted by Crippen LogP contribution is -2.24. The highest BCUT2D eigenvalue weighted by Gasteiger charge is 2.09. The Morgan fingerprint density at radius 3 is 2.72 bits per heavy atom. The van der Waals surface area contributed by atoms with Crippen LogP contribution in [0.1, 0.15) is 30.6 Å². The molecule has 0 fully saturated rings. The number of hydrogen-bond acceptors (Lipinski definition) is 3. The number of Topliss-reactive ketones (excluding diaryl/α,β-unsaturated/α-hetero) is 1. The highest BCUT2D eigenvalue weighted by molar-refractivity contribution is 9.10. The molecule has 5 heteroatoms. The Hall–Kier alpha value is -1.36. The molecule has 1 rings (SSSR count).